The maximum atomic E-state index is 13.1. The number of carbonyl (C=O) groups is 2. The molecule has 0 spiro atoms. The minimum Gasteiger partial charge on any atom is -0.354 e. The van der Waals surface area contributed by atoms with Crippen LogP contribution in [0.2, 0.25) is 5.02 Å². The predicted octanol–water partition coefficient (Wildman–Crippen LogP) is 6.11. The molecule has 0 radical (unpaired) electrons. The minimum absolute atomic E-state index is 0.0303. The predicted molar refractivity (Wildman–Crippen MR) is 152 cm³/mol. The van der Waals surface area contributed by atoms with E-state index in [1.54, 1.807) is 19.1 Å². The summed E-state index contributed by atoms with van der Waals surface area (Å²) >= 11 is 6.16. The molecule has 5 rings (SSSR count). The van der Waals surface area contributed by atoms with Gasteiger partial charge in [0.1, 0.15) is 0 Å². The summed E-state index contributed by atoms with van der Waals surface area (Å²) in [6.07, 6.45) is 3.76. The van der Waals surface area contributed by atoms with Crippen LogP contribution >= 0.6 is 11.6 Å². The Balaban J connectivity index is 1.42. The molecule has 2 aliphatic heterocycles. The van der Waals surface area contributed by atoms with Gasteiger partial charge in [-0.05, 0) is 67.9 Å². The van der Waals surface area contributed by atoms with E-state index in [1.165, 1.54) is 19.3 Å². The maximum Gasteiger partial charge on any atom is 0.258 e. The normalized spacial score (nSPS) is 16.6. The molecule has 0 atom stereocenters. The number of benzene rings is 3. The lowest BCUT2D eigenvalue weighted by Crippen LogP contribution is -2.39. The molecular weight excluding hydrogens is 484 g/mol. The van der Waals surface area contributed by atoms with E-state index < -0.39 is 0 Å². The Labute approximate surface area is 222 Å². The number of carbonyl (C=O) groups excluding carboxylic acids is 2. The van der Waals surface area contributed by atoms with Crippen molar-refractivity contribution in [1.82, 2.24) is 4.90 Å². The molecule has 1 fully saturated rings. The Kier molecular flexibility index (Phi) is 7.58. The number of rotatable bonds is 7. The molecule has 6 nitrogen and oxygen atoms in total. The van der Waals surface area contributed by atoms with Crippen LogP contribution in [-0.2, 0) is 9.59 Å². The molecule has 1 saturated heterocycles. The molecule has 0 saturated carbocycles. The highest BCUT2D eigenvalue weighted by Gasteiger charge is 2.28. The van der Waals surface area contributed by atoms with Crippen molar-refractivity contribution in [3.05, 3.63) is 88.9 Å². The summed E-state index contributed by atoms with van der Waals surface area (Å²) in [5.74, 6) is -0.150. The molecule has 0 aliphatic carbocycles. The molecule has 0 bridgehead atoms. The van der Waals surface area contributed by atoms with Gasteiger partial charge >= 0.3 is 0 Å². The van der Waals surface area contributed by atoms with E-state index in [-0.39, 0.29) is 11.8 Å². The fourth-order valence-corrected chi connectivity index (χ4v) is 5.21. The van der Waals surface area contributed by atoms with Gasteiger partial charge in [-0.15, -0.1) is 0 Å². The number of nitrogens with one attached hydrogen (secondary N) is 2. The van der Waals surface area contributed by atoms with Gasteiger partial charge in [0, 0.05) is 42.0 Å². The maximum absolute atomic E-state index is 13.1. The fourth-order valence-electron chi connectivity index (χ4n) is 5.04. The van der Waals surface area contributed by atoms with E-state index in [2.05, 4.69) is 15.5 Å². The highest BCUT2D eigenvalue weighted by Crippen LogP contribution is 2.38. The van der Waals surface area contributed by atoms with Gasteiger partial charge in [-0.3, -0.25) is 9.59 Å². The minimum atomic E-state index is -0.180. The van der Waals surface area contributed by atoms with Crippen molar-refractivity contribution in [3.8, 4) is 0 Å². The van der Waals surface area contributed by atoms with Crippen LogP contribution in [0.1, 0.15) is 37.3 Å². The van der Waals surface area contributed by atoms with E-state index in [9.17, 15) is 9.59 Å². The van der Waals surface area contributed by atoms with Gasteiger partial charge < -0.3 is 20.4 Å². The van der Waals surface area contributed by atoms with E-state index >= 15 is 0 Å². The lowest BCUT2D eigenvalue weighted by Gasteiger charge is -2.29. The molecule has 3 aromatic carbocycles. The SMILES string of the molecule is CC(=O)N(CCN1CCCCC1)c1ccc(NC(=C2C(=O)Nc3cc(Cl)ccc32)c2ccccc2)cc1. The second-order valence-corrected chi connectivity index (χ2v) is 9.94. The van der Waals surface area contributed by atoms with Crippen LogP contribution in [0.25, 0.3) is 11.3 Å². The third kappa shape index (κ3) is 5.71. The molecule has 0 aromatic heterocycles. The fraction of sp³-hybridized carbons (Fsp3) is 0.267. The van der Waals surface area contributed by atoms with Crippen molar-refractivity contribution >= 4 is 51.7 Å². The van der Waals surface area contributed by atoms with Gasteiger partial charge in [0.25, 0.3) is 5.91 Å². The standard InChI is InChI=1S/C30H31ClN4O2/c1-21(36)35(19-18-34-16-6-3-7-17-34)25-13-11-24(12-14-25)32-29(22-8-4-2-5-9-22)28-26-15-10-23(31)20-27(26)33-30(28)37/h2,4-5,8-15,20,32H,3,6-7,16-19H2,1H3,(H,33,37). The van der Waals surface area contributed by atoms with Crippen LogP contribution < -0.4 is 15.5 Å². The topological polar surface area (TPSA) is 64.7 Å². The van der Waals surface area contributed by atoms with Crippen LogP contribution in [0.4, 0.5) is 17.1 Å². The van der Waals surface area contributed by atoms with E-state index in [0.29, 0.717) is 28.5 Å². The Bertz CT molecular complexity index is 1320. The first kappa shape index (κ1) is 25.1. The van der Waals surface area contributed by atoms with E-state index in [1.807, 2.05) is 65.6 Å². The smallest absolute Gasteiger partial charge is 0.258 e. The molecule has 7 heteroatoms. The zero-order valence-corrected chi connectivity index (χ0v) is 21.7. The molecule has 190 valence electrons. The third-order valence-corrected chi connectivity index (χ3v) is 7.19. The van der Waals surface area contributed by atoms with Crippen LogP contribution in [-0.4, -0.2) is 42.9 Å². The molecule has 2 N–H and O–H groups in total. The van der Waals surface area contributed by atoms with E-state index in [4.69, 9.17) is 11.6 Å². The average molecular weight is 515 g/mol. The first-order valence-electron chi connectivity index (χ1n) is 12.8. The largest absolute Gasteiger partial charge is 0.354 e. The molecule has 2 aliphatic rings. The molecule has 2 heterocycles. The van der Waals surface area contributed by atoms with Crippen molar-refractivity contribution in [2.24, 2.45) is 0 Å². The zero-order chi connectivity index (χ0) is 25.8. The number of piperidine rings is 1. The lowest BCUT2D eigenvalue weighted by atomic mass is 10.00. The number of hydrogen-bond donors (Lipinski definition) is 2. The summed E-state index contributed by atoms with van der Waals surface area (Å²) in [6.45, 7) is 5.37. The molecule has 2 amide bonds. The highest BCUT2D eigenvalue weighted by atomic mass is 35.5. The Morgan fingerprint density at radius 1 is 1.00 bits per heavy atom. The summed E-state index contributed by atoms with van der Waals surface area (Å²) in [6, 6.07) is 23.0. The van der Waals surface area contributed by atoms with Crippen molar-refractivity contribution in [3.63, 3.8) is 0 Å². The Hall–Kier alpha value is -3.61. The summed E-state index contributed by atoms with van der Waals surface area (Å²) in [5, 5.41) is 6.98. The molecular formula is C30H31ClN4O2. The van der Waals surface area contributed by atoms with E-state index in [0.717, 1.165) is 42.1 Å². The Morgan fingerprint density at radius 2 is 1.73 bits per heavy atom. The van der Waals surface area contributed by atoms with Gasteiger partial charge in [-0.2, -0.15) is 0 Å². The second-order valence-electron chi connectivity index (χ2n) is 9.50. The number of amides is 2. The third-order valence-electron chi connectivity index (χ3n) is 6.96. The lowest BCUT2D eigenvalue weighted by molar-refractivity contribution is -0.116. The molecule has 0 unspecified atom stereocenters. The van der Waals surface area contributed by atoms with Crippen molar-refractivity contribution in [2.45, 2.75) is 26.2 Å². The van der Waals surface area contributed by atoms with Crippen LogP contribution in [0, 0.1) is 0 Å². The number of halogens is 1. The number of nitrogens with zero attached hydrogens (tertiary/aromatic N) is 2. The number of anilines is 3. The first-order chi connectivity index (χ1) is 18.0. The Morgan fingerprint density at radius 3 is 2.43 bits per heavy atom. The average Bonchev–Trinajstić information content (AvgIpc) is 3.23. The number of likely N-dealkylation sites (tertiary alicyclic amines) is 1. The number of fused-ring (bicyclic) bond motifs is 1. The summed E-state index contributed by atoms with van der Waals surface area (Å²) in [7, 11) is 0. The second kappa shape index (κ2) is 11.2. The van der Waals surface area contributed by atoms with Crippen molar-refractivity contribution < 1.29 is 9.59 Å². The van der Waals surface area contributed by atoms with Gasteiger partial charge in [0.05, 0.1) is 17.0 Å². The van der Waals surface area contributed by atoms with Gasteiger partial charge in [-0.25, -0.2) is 0 Å². The van der Waals surface area contributed by atoms with Crippen molar-refractivity contribution in [1.29, 1.82) is 0 Å². The van der Waals surface area contributed by atoms with Crippen LogP contribution in [0.15, 0.2) is 72.8 Å². The van der Waals surface area contributed by atoms with Gasteiger partial charge in [-0.1, -0.05) is 54.4 Å². The van der Waals surface area contributed by atoms with Crippen LogP contribution in [0.3, 0.4) is 0 Å². The highest BCUT2D eigenvalue weighted by molar-refractivity contribution is 6.38. The quantitative estimate of drug-likeness (QED) is 0.373. The molecule has 37 heavy (non-hydrogen) atoms. The summed E-state index contributed by atoms with van der Waals surface area (Å²) < 4.78 is 0. The summed E-state index contributed by atoms with van der Waals surface area (Å²) in [4.78, 5) is 29.8. The van der Waals surface area contributed by atoms with Gasteiger partial charge in [0.2, 0.25) is 5.91 Å². The molecule has 3 aromatic rings. The zero-order valence-electron chi connectivity index (χ0n) is 21.0. The van der Waals surface area contributed by atoms with Crippen LogP contribution in [0.5, 0.6) is 0 Å². The first-order valence-corrected chi connectivity index (χ1v) is 13.2. The van der Waals surface area contributed by atoms with Gasteiger partial charge in [0.15, 0.2) is 0 Å². The summed E-state index contributed by atoms with van der Waals surface area (Å²) in [5.41, 5.74) is 5.36. The monoisotopic (exact) mass is 514 g/mol. The van der Waals surface area contributed by atoms with Crippen molar-refractivity contribution in [2.75, 3.05) is 41.7 Å². The number of hydrogen-bond acceptors (Lipinski definition) is 4.